The average Bonchev–Trinajstić information content (AvgIpc) is 3.21. The number of nitrogens with one attached hydrogen (secondary N) is 1. The van der Waals surface area contributed by atoms with Gasteiger partial charge in [-0.15, -0.1) is 35.3 Å². The highest BCUT2D eigenvalue weighted by Gasteiger charge is 2.26. The fourth-order valence-corrected chi connectivity index (χ4v) is 4.21. The normalized spacial score (nSPS) is 18.1. The highest BCUT2D eigenvalue weighted by atomic mass is 127. The Hall–Kier alpha value is -0.610. The Morgan fingerprint density at radius 2 is 2.39 bits per heavy atom. The van der Waals surface area contributed by atoms with Crippen LogP contribution in [-0.2, 0) is 13.6 Å². The summed E-state index contributed by atoms with van der Waals surface area (Å²) in [5, 5.41) is 9.85. The minimum absolute atomic E-state index is 0. The van der Waals surface area contributed by atoms with Crippen LogP contribution in [0.1, 0.15) is 22.8 Å². The zero-order valence-corrected chi connectivity index (χ0v) is 17.9. The monoisotopic (exact) mass is 509 g/mol. The molecule has 0 aromatic carbocycles. The molecule has 126 valence electrons. The fraction of sp³-hybridized carbons (Fsp3) is 0.467. The molecule has 3 heterocycles. The summed E-state index contributed by atoms with van der Waals surface area (Å²) in [5.41, 5.74) is 1.32. The van der Waals surface area contributed by atoms with Crippen molar-refractivity contribution < 1.29 is 0 Å². The number of likely N-dealkylation sites (tertiary alicyclic amines) is 1. The predicted octanol–water partition coefficient (Wildman–Crippen LogP) is 3.43. The molecule has 5 nitrogen and oxygen atoms in total. The molecular weight excluding hydrogens is 489 g/mol. The Morgan fingerprint density at radius 1 is 1.57 bits per heavy atom. The maximum atomic E-state index is 4.43. The van der Waals surface area contributed by atoms with Gasteiger partial charge in [-0.2, -0.15) is 5.10 Å². The van der Waals surface area contributed by atoms with Gasteiger partial charge in [-0.05, 0) is 34.0 Å². The summed E-state index contributed by atoms with van der Waals surface area (Å²) >= 11 is 5.24. The Bertz CT molecular complexity index is 668. The van der Waals surface area contributed by atoms with E-state index in [-0.39, 0.29) is 24.0 Å². The van der Waals surface area contributed by atoms with Gasteiger partial charge in [0.15, 0.2) is 5.96 Å². The molecule has 0 bridgehead atoms. The molecule has 2 aromatic rings. The Kier molecular flexibility index (Phi) is 6.90. The van der Waals surface area contributed by atoms with Crippen molar-refractivity contribution >= 4 is 57.2 Å². The van der Waals surface area contributed by atoms with Gasteiger partial charge in [0, 0.05) is 54.0 Å². The minimum atomic E-state index is 0. The molecule has 1 unspecified atom stereocenters. The minimum Gasteiger partial charge on any atom is -0.351 e. The van der Waals surface area contributed by atoms with Crippen molar-refractivity contribution in [1.82, 2.24) is 20.0 Å². The third-order valence-electron chi connectivity index (χ3n) is 3.94. The summed E-state index contributed by atoms with van der Waals surface area (Å²) in [7, 11) is 3.82. The van der Waals surface area contributed by atoms with E-state index in [1.807, 2.05) is 25.0 Å². The number of nitrogens with zero attached hydrogens (tertiary/aromatic N) is 4. The Balaban J connectivity index is 0.00000192. The number of hydrogen-bond donors (Lipinski definition) is 1. The van der Waals surface area contributed by atoms with E-state index in [0.29, 0.717) is 5.92 Å². The van der Waals surface area contributed by atoms with E-state index in [0.717, 1.165) is 36.5 Å². The van der Waals surface area contributed by atoms with Crippen molar-refractivity contribution in [3.63, 3.8) is 0 Å². The number of rotatable bonds is 3. The molecule has 1 aliphatic rings. The highest BCUT2D eigenvalue weighted by molar-refractivity contribution is 14.0. The molecule has 0 radical (unpaired) electrons. The topological polar surface area (TPSA) is 45.5 Å². The number of guanidine groups is 1. The number of hydrogen-bond acceptors (Lipinski definition) is 3. The molecule has 1 atom stereocenters. The van der Waals surface area contributed by atoms with Gasteiger partial charge in [0.05, 0.1) is 12.7 Å². The SMILES string of the molecule is CN=C(NCc1cc(Br)cs1)N1CCC(c2cnn(C)c2)C1.I. The van der Waals surface area contributed by atoms with Crippen LogP contribution in [0.3, 0.4) is 0 Å². The second-order valence-electron chi connectivity index (χ2n) is 5.51. The molecule has 3 rings (SSSR count). The van der Waals surface area contributed by atoms with Crippen LogP contribution >= 0.6 is 51.2 Å². The lowest BCUT2D eigenvalue weighted by atomic mass is 10.0. The van der Waals surface area contributed by atoms with Crippen LogP contribution in [0.2, 0.25) is 0 Å². The van der Waals surface area contributed by atoms with E-state index in [2.05, 4.69) is 53.9 Å². The molecule has 23 heavy (non-hydrogen) atoms. The standard InChI is InChI=1S/C15H20BrN5S.HI/c1-17-15(18-7-14-5-13(16)10-22-14)21-4-3-11(9-21)12-6-19-20(2)8-12;/h5-6,8,10-11H,3-4,7,9H2,1-2H3,(H,17,18);1H. The number of halogens is 2. The second-order valence-corrected chi connectivity index (χ2v) is 7.42. The number of aromatic nitrogens is 2. The molecule has 0 saturated carbocycles. The van der Waals surface area contributed by atoms with Crippen LogP contribution in [0, 0.1) is 0 Å². The molecule has 2 aromatic heterocycles. The van der Waals surface area contributed by atoms with Gasteiger partial charge in [-0.1, -0.05) is 0 Å². The van der Waals surface area contributed by atoms with Crippen LogP contribution in [0.15, 0.2) is 33.3 Å². The maximum Gasteiger partial charge on any atom is 0.193 e. The molecule has 0 amide bonds. The molecule has 1 N–H and O–H groups in total. The lowest BCUT2D eigenvalue weighted by Crippen LogP contribution is -2.39. The van der Waals surface area contributed by atoms with Crippen molar-refractivity contribution in [3.05, 3.63) is 38.8 Å². The van der Waals surface area contributed by atoms with E-state index in [1.54, 1.807) is 11.3 Å². The van der Waals surface area contributed by atoms with Crippen LogP contribution in [0.5, 0.6) is 0 Å². The first-order valence-electron chi connectivity index (χ1n) is 7.32. The first-order valence-corrected chi connectivity index (χ1v) is 9.00. The summed E-state index contributed by atoms with van der Waals surface area (Å²) < 4.78 is 3.02. The van der Waals surface area contributed by atoms with Crippen LogP contribution < -0.4 is 5.32 Å². The summed E-state index contributed by atoms with van der Waals surface area (Å²) in [6.45, 7) is 2.85. The first-order chi connectivity index (χ1) is 10.7. The van der Waals surface area contributed by atoms with Gasteiger partial charge in [0.25, 0.3) is 0 Å². The Morgan fingerprint density at radius 3 is 3.00 bits per heavy atom. The van der Waals surface area contributed by atoms with Crippen molar-refractivity contribution in [1.29, 1.82) is 0 Å². The zero-order valence-electron chi connectivity index (χ0n) is 13.2. The highest BCUT2D eigenvalue weighted by Crippen LogP contribution is 2.26. The molecule has 8 heteroatoms. The van der Waals surface area contributed by atoms with E-state index < -0.39 is 0 Å². The molecule has 0 aliphatic carbocycles. The summed E-state index contributed by atoms with van der Waals surface area (Å²) in [5.74, 6) is 1.53. The van der Waals surface area contributed by atoms with E-state index in [1.165, 1.54) is 10.4 Å². The van der Waals surface area contributed by atoms with Crippen molar-refractivity contribution in [2.45, 2.75) is 18.9 Å². The summed E-state index contributed by atoms with van der Waals surface area (Å²) in [4.78, 5) is 8.06. The molecule has 1 saturated heterocycles. The molecule has 1 fully saturated rings. The van der Waals surface area contributed by atoms with Crippen molar-refractivity contribution in [2.75, 3.05) is 20.1 Å². The van der Waals surface area contributed by atoms with E-state index in [9.17, 15) is 0 Å². The molecular formula is C15H21BrIN5S. The number of aliphatic imine (C=N–C) groups is 1. The van der Waals surface area contributed by atoms with Gasteiger partial charge in [-0.3, -0.25) is 9.67 Å². The van der Waals surface area contributed by atoms with Gasteiger partial charge in [-0.25, -0.2) is 0 Å². The summed E-state index contributed by atoms with van der Waals surface area (Å²) in [6, 6.07) is 2.15. The second kappa shape index (κ2) is 8.48. The van der Waals surface area contributed by atoms with E-state index >= 15 is 0 Å². The van der Waals surface area contributed by atoms with Crippen LogP contribution in [0.4, 0.5) is 0 Å². The number of thiophene rings is 1. The predicted molar refractivity (Wildman–Crippen MR) is 110 cm³/mol. The van der Waals surface area contributed by atoms with Gasteiger partial charge in [0.2, 0.25) is 0 Å². The van der Waals surface area contributed by atoms with Crippen LogP contribution in [0.25, 0.3) is 0 Å². The smallest absolute Gasteiger partial charge is 0.193 e. The molecule has 1 aliphatic heterocycles. The summed E-state index contributed by atoms with van der Waals surface area (Å²) in [6.07, 6.45) is 5.25. The quantitative estimate of drug-likeness (QED) is 0.391. The van der Waals surface area contributed by atoms with Gasteiger partial charge in [0.1, 0.15) is 0 Å². The third kappa shape index (κ3) is 4.69. The lowest BCUT2D eigenvalue weighted by molar-refractivity contribution is 0.486. The van der Waals surface area contributed by atoms with Gasteiger partial charge >= 0.3 is 0 Å². The first kappa shape index (κ1) is 18.7. The van der Waals surface area contributed by atoms with E-state index in [4.69, 9.17) is 0 Å². The van der Waals surface area contributed by atoms with Crippen LogP contribution in [-0.4, -0.2) is 40.8 Å². The van der Waals surface area contributed by atoms with Crippen molar-refractivity contribution in [3.8, 4) is 0 Å². The fourth-order valence-electron chi connectivity index (χ4n) is 2.82. The lowest BCUT2D eigenvalue weighted by Gasteiger charge is -2.21. The zero-order chi connectivity index (χ0) is 15.5. The Labute approximate surface area is 166 Å². The maximum absolute atomic E-state index is 4.43. The third-order valence-corrected chi connectivity index (χ3v) is 5.64. The number of aryl methyl sites for hydroxylation is 1. The largest absolute Gasteiger partial charge is 0.351 e. The van der Waals surface area contributed by atoms with Gasteiger partial charge < -0.3 is 10.2 Å². The molecule has 0 spiro atoms. The van der Waals surface area contributed by atoms with Crippen molar-refractivity contribution in [2.24, 2.45) is 12.0 Å². The average molecular weight is 510 g/mol.